The highest BCUT2D eigenvalue weighted by Crippen LogP contribution is 2.38. The first-order valence-electron chi connectivity index (χ1n) is 9.90. The molecule has 1 aromatic carbocycles. The molecule has 1 aromatic rings. The van der Waals surface area contributed by atoms with Gasteiger partial charge in [0.25, 0.3) is 0 Å². The summed E-state index contributed by atoms with van der Waals surface area (Å²) in [6, 6.07) is 9.57. The van der Waals surface area contributed by atoms with E-state index in [0.717, 1.165) is 12.2 Å². The quantitative estimate of drug-likeness (QED) is 0.356. The minimum atomic E-state index is -1.30. The van der Waals surface area contributed by atoms with E-state index in [0.29, 0.717) is 42.8 Å². The van der Waals surface area contributed by atoms with Gasteiger partial charge in [-0.25, -0.2) is 0 Å². The molecule has 0 spiro atoms. The van der Waals surface area contributed by atoms with Crippen LogP contribution in [0.5, 0.6) is 5.75 Å². The zero-order valence-electron chi connectivity index (χ0n) is 16.8. The molecule has 1 aliphatic rings. The number of para-hydroxylation sites is 1. The van der Waals surface area contributed by atoms with E-state index in [1.807, 2.05) is 36.6 Å². The lowest BCUT2D eigenvalue weighted by Gasteiger charge is -2.22. The van der Waals surface area contributed by atoms with Gasteiger partial charge in [0.2, 0.25) is 0 Å². The van der Waals surface area contributed by atoms with Gasteiger partial charge < -0.3 is 20.1 Å². The van der Waals surface area contributed by atoms with Crippen molar-refractivity contribution in [1.29, 1.82) is 0 Å². The first kappa shape index (κ1) is 23.4. The molecular formula is C23H30O5S. The van der Waals surface area contributed by atoms with Gasteiger partial charge in [0.15, 0.2) is 5.78 Å². The summed E-state index contributed by atoms with van der Waals surface area (Å²) < 4.78 is 5.68. The third-order valence-corrected chi connectivity index (χ3v) is 5.49. The average molecular weight is 419 g/mol. The van der Waals surface area contributed by atoms with Crippen molar-refractivity contribution < 1.29 is 24.9 Å². The lowest BCUT2D eigenvalue weighted by atomic mass is 9.90. The van der Waals surface area contributed by atoms with Gasteiger partial charge in [0, 0.05) is 12.2 Å². The van der Waals surface area contributed by atoms with Gasteiger partial charge in [-0.1, -0.05) is 36.4 Å². The van der Waals surface area contributed by atoms with Crippen molar-refractivity contribution in [2.45, 2.75) is 43.8 Å². The fraction of sp³-hybridized carbons (Fsp3) is 0.435. The third kappa shape index (κ3) is 7.16. The monoisotopic (exact) mass is 418 g/mol. The van der Waals surface area contributed by atoms with Crippen molar-refractivity contribution in [3.05, 3.63) is 65.1 Å². The van der Waals surface area contributed by atoms with Crippen LogP contribution in [0.25, 0.3) is 0 Å². The number of benzene rings is 1. The van der Waals surface area contributed by atoms with Gasteiger partial charge in [-0.2, -0.15) is 0 Å². The first-order valence-corrected chi connectivity index (χ1v) is 11.1. The molecule has 0 fully saturated rings. The highest BCUT2D eigenvalue weighted by Gasteiger charge is 2.40. The van der Waals surface area contributed by atoms with Gasteiger partial charge in [-0.3, -0.25) is 4.79 Å². The number of carbonyl (C=O) groups is 1. The zero-order chi connectivity index (χ0) is 21.1. The number of aliphatic hydroxyl groups excluding tert-OH is 2. The number of hydrogen-bond donors (Lipinski definition) is 3. The lowest BCUT2D eigenvalue weighted by molar-refractivity contribution is -0.112. The highest BCUT2D eigenvalue weighted by atomic mass is 32.2. The van der Waals surface area contributed by atoms with Crippen molar-refractivity contribution in [2.75, 3.05) is 19.5 Å². The predicted molar refractivity (Wildman–Crippen MR) is 117 cm³/mol. The molecule has 0 amide bonds. The van der Waals surface area contributed by atoms with Crippen LogP contribution in [-0.4, -0.2) is 52.3 Å². The van der Waals surface area contributed by atoms with Gasteiger partial charge in [-0.05, 0) is 56.6 Å². The van der Waals surface area contributed by atoms with Crippen LogP contribution in [0.3, 0.4) is 0 Å². The molecule has 0 bridgehead atoms. The van der Waals surface area contributed by atoms with Crippen molar-refractivity contribution in [3.63, 3.8) is 0 Å². The van der Waals surface area contributed by atoms with Gasteiger partial charge in [-0.15, -0.1) is 11.8 Å². The molecule has 6 heteroatoms. The Kier molecular flexibility index (Phi) is 9.67. The Balaban J connectivity index is 1.94. The number of unbranched alkanes of at least 4 members (excludes halogenated alkanes) is 1. The number of rotatable bonds is 12. The summed E-state index contributed by atoms with van der Waals surface area (Å²) in [4.78, 5) is 13.1. The number of ether oxygens (including phenoxy) is 1. The van der Waals surface area contributed by atoms with Crippen LogP contribution >= 0.6 is 11.8 Å². The smallest absolute Gasteiger partial charge is 0.198 e. The molecule has 2 rings (SSSR count). The summed E-state index contributed by atoms with van der Waals surface area (Å²) in [5.41, 5.74) is -0.973. The molecule has 0 saturated carbocycles. The van der Waals surface area contributed by atoms with Crippen molar-refractivity contribution >= 4 is 17.5 Å². The van der Waals surface area contributed by atoms with E-state index in [1.165, 1.54) is 11.8 Å². The number of carbonyl (C=O) groups excluding carboxylic acids is 1. The minimum absolute atomic E-state index is 0.0270. The molecule has 3 N–H and O–H groups in total. The number of hydrogen-bond acceptors (Lipinski definition) is 6. The molecule has 158 valence electrons. The largest absolute Gasteiger partial charge is 0.494 e. The molecule has 29 heavy (non-hydrogen) atoms. The molecule has 0 aromatic heterocycles. The Morgan fingerprint density at radius 2 is 1.97 bits per heavy atom. The van der Waals surface area contributed by atoms with Crippen LogP contribution < -0.4 is 4.74 Å². The number of Topliss-reactive ketones (excluding diaryl/α,β-unsaturated/α-hetero) is 1. The van der Waals surface area contributed by atoms with Gasteiger partial charge in [0.05, 0.1) is 17.6 Å². The van der Waals surface area contributed by atoms with E-state index in [2.05, 4.69) is 0 Å². The fourth-order valence-corrected chi connectivity index (χ4v) is 3.76. The fourth-order valence-electron chi connectivity index (χ4n) is 3.15. The molecule has 0 saturated heterocycles. The van der Waals surface area contributed by atoms with Crippen LogP contribution in [0.1, 0.15) is 32.1 Å². The topological polar surface area (TPSA) is 87.0 Å². The van der Waals surface area contributed by atoms with Crippen molar-refractivity contribution in [2.24, 2.45) is 0 Å². The second kappa shape index (κ2) is 12.0. The van der Waals surface area contributed by atoms with E-state index in [1.54, 1.807) is 24.3 Å². The number of ketones is 1. The Labute approximate surface area is 176 Å². The molecule has 1 aliphatic carbocycles. The van der Waals surface area contributed by atoms with Crippen molar-refractivity contribution in [1.82, 2.24) is 0 Å². The van der Waals surface area contributed by atoms with Crippen LogP contribution in [0.4, 0.5) is 0 Å². The molecular weight excluding hydrogens is 388 g/mol. The second-order valence-electron chi connectivity index (χ2n) is 6.98. The van der Waals surface area contributed by atoms with Crippen LogP contribution in [0.2, 0.25) is 0 Å². The summed E-state index contributed by atoms with van der Waals surface area (Å²) in [7, 11) is 0. The van der Waals surface area contributed by atoms with Crippen LogP contribution in [-0.2, 0) is 4.79 Å². The number of thioether (sulfide) groups is 1. The summed E-state index contributed by atoms with van der Waals surface area (Å²) in [5.74, 6) is 0.646. The van der Waals surface area contributed by atoms with E-state index in [-0.39, 0.29) is 12.4 Å². The normalized spacial score (nSPS) is 21.7. The molecule has 2 atom stereocenters. The van der Waals surface area contributed by atoms with Crippen LogP contribution in [0, 0.1) is 0 Å². The average Bonchev–Trinajstić information content (AvgIpc) is 2.97. The van der Waals surface area contributed by atoms with E-state index in [9.17, 15) is 15.0 Å². The molecule has 5 nitrogen and oxygen atoms in total. The predicted octanol–water partition coefficient (Wildman–Crippen LogP) is 3.41. The molecule has 2 unspecified atom stereocenters. The first-order chi connectivity index (χ1) is 14.0. The summed E-state index contributed by atoms with van der Waals surface area (Å²) >= 11 is 1.32. The second-order valence-corrected chi connectivity index (χ2v) is 7.83. The lowest BCUT2D eigenvalue weighted by Crippen LogP contribution is -2.28. The summed E-state index contributed by atoms with van der Waals surface area (Å²) in [6.07, 6.45) is 10.4. The maximum atomic E-state index is 12.6. The van der Waals surface area contributed by atoms with Gasteiger partial charge in [0.1, 0.15) is 11.4 Å². The highest BCUT2D eigenvalue weighted by molar-refractivity contribution is 8.03. The Hall–Kier alpha value is -1.86. The van der Waals surface area contributed by atoms with Crippen LogP contribution in [0.15, 0.2) is 65.1 Å². The Morgan fingerprint density at radius 3 is 2.66 bits per heavy atom. The van der Waals surface area contributed by atoms with E-state index >= 15 is 0 Å². The zero-order valence-corrected chi connectivity index (χ0v) is 17.6. The van der Waals surface area contributed by atoms with Crippen molar-refractivity contribution in [3.8, 4) is 5.75 Å². The minimum Gasteiger partial charge on any atom is -0.494 e. The van der Waals surface area contributed by atoms with E-state index < -0.39 is 11.7 Å². The summed E-state index contributed by atoms with van der Waals surface area (Å²) in [5, 5.41) is 29.7. The molecule has 0 aliphatic heterocycles. The molecule has 0 radical (unpaired) electrons. The maximum absolute atomic E-state index is 12.6. The Bertz CT molecular complexity index is 741. The third-order valence-electron chi connectivity index (χ3n) is 4.74. The van der Waals surface area contributed by atoms with Gasteiger partial charge >= 0.3 is 0 Å². The summed E-state index contributed by atoms with van der Waals surface area (Å²) in [6.45, 7) is 0.572. The Morgan fingerprint density at radius 1 is 1.21 bits per heavy atom. The SMILES string of the molecule is CSC1=CC(O)(CCCCOc2ccccc2)C(=C/C=C/C(O)CCCO)C1=O. The standard InChI is InChI=1S/C23H30O5S/c1-29-21-17-23(27,14-5-6-16-28-19-11-3-2-4-12-19)20(22(21)26)13-7-9-18(25)10-8-15-24/h2-4,7,9,11-13,17-18,24-25,27H,5-6,8,10,14-16H2,1H3/b9-7+,20-13?. The number of allylic oxidation sites excluding steroid dienone is 3. The maximum Gasteiger partial charge on any atom is 0.198 e. The van der Waals surface area contributed by atoms with E-state index in [4.69, 9.17) is 9.84 Å². The molecule has 0 heterocycles. The number of aliphatic hydroxyl groups is 3.